The van der Waals surface area contributed by atoms with Gasteiger partial charge in [0.05, 0.1) is 5.01 Å². The van der Waals surface area contributed by atoms with Gasteiger partial charge in [0.15, 0.2) is 0 Å². The van der Waals surface area contributed by atoms with Gasteiger partial charge in [0.1, 0.15) is 0 Å². The van der Waals surface area contributed by atoms with Crippen LogP contribution in [0.15, 0.2) is 35.8 Å². The molecule has 0 unspecified atom stereocenters. The van der Waals surface area contributed by atoms with Crippen LogP contribution in [-0.2, 0) is 13.0 Å². The molecule has 1 aromatic carbocycles. The summed E-state index contributed by atoms with van der Waals surface area (Å²) < 4.78 is 0. The molecule has 2 aromatic rings. The van der Waals surface area contributed by atoms with E-state index in [4.69, 9.17) is 0 Å². The van der Waals surface area contributed by atoms with E-state index in [1.807, 2.05) is 11.6 Å². The lowest BCUT2D eigenvalue weighted by molar-refractivity contribution is 0.721. The number of nitrogens with one attached hydrogen (secondary N) is 1. The van der Waals surface area contributed by atoms with Gasteiger partial charge < -0.3 is 5.32 Å². The van der Waals surface area contributed by atoms with E-state index in [2.05, 4.69) is 41.5 Å². The molecule has 2 rings (SSSR count). The first-order valence-electron chi connectivity index (χ1n) is 5.56. The van der Waals surface area contributed by atoms with Crippen molar-refractivity contribution in [3.8, 4) is 0 Å². The lowest BCUT2D eigenvalue weighted by atomic mass is 10.0. The predicted molar refractivity (Wildman–Crippen MR) is 68.7 cm³/mol. The molecule has 0 amide bonds. The van der Waals surface area contributed by atoms with Gasteiger partial charge in [0.2, 0.25) is 0 Å². The normalized spacial score (nSPS) is 10.6. The number of benzene rings is 1. The van der Waals surface area contributed by atoms with Crippen LogP contribution in [0.3, 0.4) is 0 Å². The molecule has 1 N–H and O–H groups in total. The smallest absolute Gasteiger partial charge is 0.0968 e. The monoisotopic (exact) mass is 232 g/mol. The Labute approximate surface area is 100 Å². The molecule has 2 nitrogen and oxygen atoms in total. The molecule has 0 bridgehead atoms. The third-order valence-corrected chi connectivity index (χ3v) is 3.29. The molecule has 1 heterocycles. The number of nitrogens with zero attached hydrogens (tertiary/aromatic N) is 1. The van der Waals surface area contributed by atoms with Crippen molar-refractivity contribution in [3.05, 3.63) is 52.0 Å². The van der Waals surface area contributed by atoms with Gasteiger partial charge in [0, 0.05) is 24.5 Å². The van der Waals surface area contributed by atoms with Crippen molar-refractivity contribution in [2.75, 3.05) is 6.54 Å². The molecule has 0 aliphatic carbocycles. The minimum Gasteiger partial charge on any atom is -0.313 e. The summed E-state index contributed by atoms with van der Waals surface area (Å²) in [6.07, 6.45) is 2.81. The van der Waals surface area contributed by atoms with Crippen LogP contribution in [0.5, 0.6) is 0 Å². The van der Waals surface area contributed by atoms with Crippen molar-refractivity contribution in [1.82, 2.24) is 10.3 Å². The van der Waals surface area contributed by atoms with Gasteiger partial charge in [-0.1, -0.05) is 31.2 Å². The van der Waals surface area contributed by atoms with Crippen LogP contribution in [0.25, 0.3) is 0 Å². The lowest BCUT2D eigenvalue weighted by Gasteiger charge is -2.08. The van der Waals surface area contributed by atoms with Crippen LogP contribution in [0.2, 0.25) is 0 Å². The largest absolute Gasteiger partial charge is 0.313 e. The summed E-state index contributed by atoms with van der Waals surface area (Å²) in [5.41, 5.74) is 2.75. The maximum atomic E-state index is 4.33. The zero-order valence-corrected chi connectivity index (χ0v) is 10.3. The third-order valence-electron chi connectivity index (χ3n) is 2.51. The highest BCUT2D eigenvalue weighted by atomic mass is 32.1. The Morgan fingerprint density at radius 2 is 2.06 bits per heavy atom. The summed E-state index contributed by atoms with van der Waals surface area (Å²) in [6.45, 7) is 4.08. The number of aromatic nitrogens is 1. The second kappa shape index (κ2) is 5.77. The van der Waals surface area contributed by atoms with Crippen molar-refractivity contribution in [1.29, 1.82) is 0 Å². The standard InChI is InChI=1S/C13H16N2S/c1-2-14-10-12-6-4-3-5-11(12)9-13-15-7-8-16-13/h3-8,14H,2,9-10H2,1H3. The van der Waals surface area contributed by atoms with E-state index in [0.717, 1.165) is 19.5 Å². The van der Waals surface area contributed by atoms with Crippen molar-refractivity contribution in [2.45, 2.75) is 19.9 Å². The molecule has 0 aliphatic rings. The summed E-state index contributed by atoms with van der Waals surface area (Å²) in [6, 6.07) is 8.57. The zero-order valence-electron chi connectivity index (χ0n) is 9.44. The summed E-state index contributed by atoms with van der Waals surface area (Å²) in [5, 5.41) is 6.58. The van der Waals surface area contributed by atoms with E-state index in [1.165, 1.54) is 16.1 Å². The van der Waals surface area contributed by atoms with Crippen LogP contribution in [-0.4, -0.2) is 11.5 Å². The van der Waals surface area contributed by atoms with E-state index in [0.29, 0.717) is 0 Å². The molecule has 84 valence electrons. The van der Waals surface area contributed by atoms with Crippen molar-refractivity contribution < 1.29 is 0 Å². The maximum Gasteiger partial charge on any atom is 0.0968 e. The average Bonchev–Trinajstić information content (AvgIpc) is 2.81. The molecule has 0 atom stereocenters. The summed E-state index contributed by atoms with van der Waals surface area (Å²) >= 11 is 1.72. The molecule has 0 fully saturated rings. The fourth-order valence-corrected chi connectivity index (χ4v) is 2.30. The van der Waals surface area contributed by atoms with Crippen molar-refractivity contribution >= 4 is 11.3 Å². The highest BCUT2D eigenvalue weighted by Crippen LogP contribution is 2.15. The Bertz CT molecular complexity index is 423. The van der Waals surface area contributed by atoms with Gasteiger partial charge >= 0.3 is 0 Å². The number of rotatable bonds is 5. The highest BCUT2D eigenvalue weighted by Gasteiger charge is 2.03. The molecule has 0 spiro atoms. The first kappa shape index (κ1) is 11.3. The minimum atomic E-state index is 0.943. The van der Waals surface area contributed by atoms with Gasteiger partial charge in [-0.05, 0) is 17.7 Å². The van der Waals surface area contributed by atoms with E-state index < -0.39 is 0 Å². The second-order valence-electron chi connectivity index (χ2n) is 3.65. The number of hydrogen-bond acceptors (Lipinski definition) is 3. The molecule has 1 aromatic heterocycles. The quantitative estimate of drug-likeness (QED) is 0.857. The van der Waals surface area contributed by atoms with Gasteiger partial charge in [-0.3, -0.25) is 0 Å². The van der Waals surface area contributed by atoms with E-state index >= 15 is 0 Å². The van der Waals surface area contributed by atoms with Gasteiger partial charge in [-0.15, -0.1) is 11.3 Å². The summed E-state index contributed by atoms with van der Waals surface area (Å²) in [7, 11) is 0. The zero-order chi connectivity index (χ0) is 11.2. The van der Waals surface area contributed by atoms with Gasteiger partial charge in [-0.2, -0.15) is 0 Å². The molecule has 16 heavy (non-hydrogen) atoms. The second-order valence-corrected chi connectivity index (χ2v) is 4.63. The van der Waals surface area contributed by atoms with E-state index in [9.17, 15) is 0 Å². The average molecular weight is 232 g/mol. The fraction of sp³-hybridized carbons (Fsp3) is 0.308. The van der Waals surface area contributed by atoms with E-state index in [1.54, 1.807) is 11.3 Å². The number of thiazole rings is 1. The molecule has 0 aliphatic heterocycles. The molecule has 0 radical (unpaired) electrons. The van der Waals surface area contributed by atoms with E-state index in [-0.39, 0.29) is 0 Å². The Morgan fingerprint density at radius 1 is 1.25 bits per heavy atom. The Morgan fingerprint density at radius 3 is 2.75 bits per heavy atom. The number of hydrogen-bond donors (Lipinski definition) is 1. The molecular weight excluding hydrogens is 216 g/mol. The van der Waals surface area contributed by atoms with Crippen molar-refractivity contribution in [2.24, 2.45) is 0 Å². The molecular formula is C13H16N2S. The third kappa shape index (κ3) is 2.90. The van der Waals surface area contributed by atoms with Crippen LogP contribution < -0.4 is 5.32 Å². The van der Waals surface area contributed by atoms with Crippen LogP contribution >= 0.6 is 11.3 Å². The van der Waals surface area contributed by atoms with Gasteiger partial charge in [0.25, 0.3) is 0 Å². The Kier molecular flexibility index (Phi) is 4.08. The minimum absolute atomic E-state index is 0.943. The first-order valence-corrected chi connectivity index (χ1v) is 6.44. The van der Waals surface area contributed by atoms with Gasteiger partial charge in [-0.25, -0.2) is 4.98 Å². The summed E-state index contributed by atoms with van der Waals surface area (Å²) in [4.78, 5) is 4.33. The van der Waals surface area contributed by atoms with Crippen LogP contribution in [0.4, 0.5) is 0 Å². The van der Waals surface area contributed by atoms with Crippen molar-refractivity contribution in [3.63, 3.8) is 0 Å². The summed E-state index contributed by atoms with van der Waals surface area (Å²) in [5.74, 6) is 0. The van der Waals surface area contributed by atoms with Crippen LogP contribution in [0, 0.1) is 0 Å². The Balaban J connectivity index is 2.13. The molecule has 3 heteroatoms. The SMILES string of the molecule is CCNCc1ccccc1Cc1nccs1. The predicted octanol–water partition coefficient (Wildman–Crippen LogP) is 2.84. The topological polar surface area (TPSA) is 24.9 Å². The lowest BCUT2D eigenvalue weighted by Crippen LogP contribution is -2.13. The molecule has 0 saturated carbocycles. The first-order chi connectivity index (χ1) is 7.90. The van der Waals surface area contributed by atoms with Crippen LogP contribution in [0.1, 0.15) is 23.1 Å². The fourth-order valence-electron chi connectivity index (χ4n) is 1.67. The highest BCUT2D eigenvalue weighted by molar-refractivity contribution is 7.09. The molecule has 0 saturated heterocycles. The Hall–Kier alpha value is -1.19. The maximum absolute atomic E-state index is 4.33.